The van der Waals surface area contributed by atoms with Crippen molar-refractivity contribution in [3.8, 4) is 0 Å². The minimum Gasteiger partial charge on any atom is -0.207 e. The minimum atomic E-state index is -3.41. The van der Waals surface area contributed by atoms with E-state index in [2.05, 4.69) is 26.5 Å². The van der Waals surface area contributed by atoms with Crippen molar-refractivity contribution >= 4 is 10.0 Å². The third-order valence-electron chi connectivity index (χ3n) is 5.12. The van der Waals surface area contributed by atoms with Crippen LogP contribution in [0.3, 0.4) is 0 Å². The summed E-state index contributed by atoms with van der Waals surface area (Å²) in [7, 11) is -3.41. The third-order valence-corrected chi connectivity index (χ3v) is 6.96. The molecule has 4 heteroatoms. The summed E-state index contributed by atoms with van der Waals surface area (Å²) in [4.78, 5) is 0.389. The Morgan fingerprint density at radius 1 is 1.17 bits per heavy atom. The van der Waals surface area contributed by atoms with Crippen LogP contribution in [0.5, 0.6) is 0 Å². The largest absolute Gasteiger partial charge is 0.243 e. The zero-order chi connectivity index (χ0) is 16.8. The highest BCUT2D eigenvalue weighted by atomic mass is 32.2. The SMILES string of the molecule is C=C1CC(C(C)C)=CC2CN(S(=O)(=O)c3ccc(C)cc3)CC12. The highest BCUT2D eigenvalue weighted by molar-refractivity contribution is 7.89. The van der Waals surface area contributed by atoms with E-state index in [0.717, 1.165) is 12.0 Å². The van der Waals surface area contributed by atoms with Crippen LogP contribution >= 0.6 is 0 Å². The average molecular weight is 331 g/mol. The molecule has 2 aliphatic rings. The molecule has 1 aliphatic carbocycles. The van der Waals surface area contributed by atoms with Crippen LogP contribution in [0.4, 0.5) is 0 Å². The zero-order valence-corrected chi connectivity index (χ0v) is 14.9. The predicted octanol–water partition coefficient (Wildman–Crippen LogP) is 3.77. The lowest BCUT2D eigenvalue weighted by Gasteiger charge is -2.27. The van der Waals surface area contributed by atoms with Gasteiger partial charge < -0.3 is 0 Å². The van der Waals surface area contributed by atoms with Crippen LogP contribution in [-0.4, -0.2) is 25.8 Å². The number of nitrogens with zero attached hydrogens (tertiary/aromatic N) is 1. The molecule has 0 spiro atoms. The van der Waals surface area contributed by atoms with Crippen LogP contribution in [0, 0.1) is 24.7 Å². The molecule has 0 bridgehead atoms. The van der Waals surface area contributed by atoms with Gasteiger partial charge in [-0.25, -0.2) is 8.42 Å². The van der Waals surface area contributed by atoms with Crippen LogP contribution in [0.1, 0.15) is 25.8 Å². The van der Waals surface area contributed by atoms with E-state index in [9.17, 15) is 8.42 Å². The molecule has 1 aliphatic heterocycles. The summed E-state index contributed by atoms with van der Waals surface area (Å²) >= 11 is 0. The van der Waals surface area contributed by atoms with E-state index in [-0.39, 0.29) is 11.8 Å². The molecule has 1 fully saturated rings. The molecular weight excluding hydrogens is 306 g/mol. The van der Waals surface area contributed by atoms with Gasteiger partial charge in [0.1, 0.15) is 0 Å². The lowest BCUT2D eigenvalue weighted by molar-refractivity contribution is 0.466. The van der Waals surface area contributed by atoms with Gasteiger partial charge in [-0.2, -0.15) is 4.31 Å². The first-order valence-corrected chi connectivity index (χ1v) is 9.68. The molecule has 1 aromatic carbocycles. The molecule has 23 heavy (non-hydrogen) atoms. The van der Waals surface area contributed by atoms with E-state index in [1.807, 2.05) is 19.1 Å². The maximum Gasteiger partial charge on any atom is 0.243 e. The smallest absolute Gasteiger partial charge is 0.207 e. The van der Waals surface area contributed by atoms with Gasteiger partial charge in [0, 0.05) is 19.0 Å². The van der Waals surface area contributed by atoms with Gasteiger partial charge in [0.2, 0.25) is 10.0 Å². The molecule has 0 aromatic heterocycles. The van der Waals surface area contributed by atoms with Crippen molar-refractivity contribution in [2.45, 2.75) is 32.1 Å². The van der Waals surface area contributed by atoms with Crippen molar-refractivity contribution in [2.24, 2.45) is 17.8 Å². The second kappa shape index (κ2) is 5.91. The van der Waals surface area contributed by atoms with Gasteiger partial charge in [0.15, 0.2) is 0 Å². The highest BCUT2D eigenvalue weighted by Gasteiger charge is 2.41. The molecule has 0 saturated carbocycles. The summed E-state index contributed by atoms with van der Waals surface area (Å²) in [5.74, 6) is 1.03. The molecule has 0 N–H and O–H groups in total. The number of benzene rings is 1. The van der Waals surface area contributed by atoms with Crippen molar-refractivity contribution in [3.05, 3.63) is 53.6 Å². The first kappa shape index (κ1) is 16.5. The van der Waals surface area contributed by atoms with Crippen molar-refractivity contribution in [3.63, 3.8) is 0 Å². The number of rotatable bonds is 3. The predicted molar refractivity (Wildman–Crippen MR) is 93.6 cm³/mol. The lowest BCUT2D eigenvalue weighted by atomic mass is 9.77. The molecule has 3 nitrogen and oxygen atoms in total. The van der Waals surface area contributed by atoms with Gasteiger partial charge in [-0.05, 0) is 37.3 Å². The fourth-order valence-corrected chi connectivity index (χ4v) is 5.08. The van der Waals surface area contributed by atoms with Crippen molar-refractivity contribution in [1.82, 2.24) is 4.31 Å². The standard InChI is InChI=1S/C19H25NO2S/c1-13(2)16-9-15(4)19-12-20(11-17(19)10-16)23(21,22)18-7-5-14(3)6-8-18/h5-8,10,13,17,19H,4,9,11-12H2,1-3H3. The zero-order valence-electron chi connectivity index (χ0n) is 14.1. The number of hydrogen-bond donors (Lipinski definition) is 0. The first-order chi connectivity index (χ1) is 10.8. The van der Waals surface area contributed by atoms with Crippen LogP contribution in [0.25, 0.3) is 0 Å². The van der Waals surface area contributed by atoms with Crippen molar-refractivity contribution in [1.29, 1.82) is 0 Å². The van der Waals surface area contributed by atoms with Crippen LogP contribution in [0.2, 0.25) is 0 Å². The molecule has 1 heterocycles. The summed E-state index contributed by atoms with van der Waals surface area (Å²) in [5, 5.41) is 0. The summed E-state index contributed by atoms with van der Waals surface area (Å²) < 4.78 is 27.4. The molecule has 1 saturated heterocycles. The van der Waals surface area contributed by atoms with Gasteiger partial charge in [-0.1, -0.05) is 55.3 Å². The molecule has 124 valence electrons. The van der Waals surface area contributed by atoms with E-state index in [1.165, 1.54) is 11.1 Å². The maximum atomic E-state index is 12.9. The topological polar surface area (TPSA) is 37.4 Å². The van der Waals surface area contributed by atoms with E-state index in [0.29, 0.717) is 23.9 Å². The molecule has 2 unspecified atom stereocenters. The number of hydrogen-bond acceptors (Lipinski definition) is 2. The Morgan fingerprint density at radius 2 is 1.83 bits per heavy atom. The molecule has 3 rings (SSSR count). The van der Waals surface area contributed by atoms with Gasteiger partial charge in [0.25, 0.3) is 0 Å². The number of aryl methyl sites for hydroxylation is 1. The van der Waals surface area contributed by atoms with Crippen molar-refractivity contribution < 1.29 is 8.42 Å². The van der Waals surface area contributed by atoms with Gasteiger partial charge >= 0.3 is 0 Å². The highest BCUT2D eigenvalue weighted by Crippen LogP contribution is 2.41. The quantitative estimate of drug-likeness (QED) is 0.791. The van der Waals surface area contributed by atoms with Crippen LogP contribution in [0.15, 0.2) is 53.0 Å². The van der Waals surface area contributed by atoms with Crippen molar-refractivity contribution in [2.75, 3.05) is 13.1 Å². The molecule has 1 aromatic rings. The third kappa shape index (κ3) is 3.02. The average Bonchev–Trinajstić information content (AvgIpc) is 2.93. The summed E-state index contributed by atoms with van der Waals surface area (Å²) in [6.07, 6.45) is 3.21. The van der Waals surface area contributed by atoms with Gasteiger partial charge in [-0.3, -0.25) is 0 Å². The van der Waals surface area contributed by atoms with E-state index in [1.54, 1.807) is 16.4 Å². The number of sulfonamides is 1. The molecular formula is C19H25NO2S. The van der Waals surface area contributed by atoms with Crippen LogP contribution in [-0.2, 0) is 10.0 Å². The van der Waals surface area contributed by atoms with Gasteiger partial charge in [0.05, 0.1) is 4.90 Å². The van der Waals surface area contributed by atoms with E-state index >= 15 is 0 Å². The molecule has 2 atom stereocenters. The Morgan fingerprint density at radius 3 is 2.43 bits per heavy atom. The van der Waals surface area contributed by atoms with Gasteiger partial charge in [-0.15, -0.1) is 0 Å². The second-order valence-corrected chi connectivity index (χ2v) is 9.07. The lowest BCUT2D eigenvalue weighted by Crippen LogP contribution is -2.29. The summed E-state index contributed by atoms with van der Waals surface area (Å²) in [6.45, 7) is 11.7. The first-order valence-electron chi connectivity index (χ1n) is 8.24. The fourth-order valence-electron chi connectivity index (χ4n) is 3.57. The molecule has 0 radical (unpaired) electrons. The van der Waals surface area contributed by atoms with E-state index in [4.69, 9.17) is 0 Å². The Balaban J connectivity index is 1.87. The number of allylic oxidation sites excluding steroid dienone is 1. The summed E-state index contributed by atoms with van der Waals surface area (Å²) in [5.41, 5.74) is 3.64. The number of fused-ring (bicyclic) bond motifs is 1. The fraction of sp³-hybridized carbons (Fsp3) is 0.474. The monoisotopic (exact) mass is 331 g/mol. The Hall–Kier alpha value is -1.39. The Bertz CT molecular complexity index is 744. The second-order valence-electron chi connectivity index (χ2n) is 7.14. The Kier molecular flexibility index (Phi) is 4.23. The maximum absolute atomic E-state index is 12.9. The summed E-state index contributed by atoms with van der Waals surface area (Å²) in [6, 6.07) is 7.12. The minimum absolute atomic E-state index is 0.262. The normalized spacial score (nSPS) is 25.6. The van der Waals surface area contributed by atoms with E-state index < -0.39 is 10.0 Å². The van der Waals surface area contributed by atoms with Crippen LogP contribution < -0.4 is 0 Å². The molecule has 0 amide bonds. The Labute approximate surface area is 139 Å².